The molecule has 0 bridgehead atoms. The lowest BCUT2D eigenvalue weighted by atomic mass is 10.1. The average Bonchev–Trinajstić information content (AvgIpc) is 2.64. The van der Waals surface area contributed by atoms with Crippen molar-refractivity contribution in [3.8, 4) is 5.75 Å². The van der Waals surface area contributed by atoms with E-state index >= 15 is 0 Å². The second-order valence-corrected chi connectivity index (χ2v) is 7.68. The molecule has 0 saturated heterocycles. The Labute approximate surface area is 164 Å². The Kier molecular flexibility index (Phi) is 7.60. The van der Waals surface area contributed by atoms with Crippen molar-refractivity contribution in [1.82, 2.24) is 0 Å². The van der Waals surface area contributed by atoms with Crippen molar-refractivity contribution in [2.45, 2.75) is 12.5 Å². The maximum atomic E-state index is 11.1. The first-order valence-electron chi connectivity index (χ1n) is 8.51. The number of carboxylic acid groups (broad SMARTS) is 1. The molecule has 0 unspecified atom stereocenters. The molecule has 0 fully saturated rings. The van der Waals surface area contributed by atoms with Crippen LogP contribution < -0.4 is 9.50 Å². The molecule has 0 aliphatic rings. The molecule has 28 heavy (non-hydrogen) atoms. The normalized spacial score (nSPS) is 12.6. The van der Waals surface area contributed by atoms with Crippen LogP contribution in [0.25, 0.3) is 6.08 Å². The summed E-state index contributed by atoms with van der Waals surface area (Å²) in [6.07, 6.45) is 4.30. The van der Waals surface area contributed by atoms with Gasteiger partial charge in [-0.25, -0.2) is 4.79 Å². The molecule has 150 valence electrons. The quantitative estimate of drug-likeness (QED) is 0.586. The molecule has 0 radical (unpaired) electrons. The summed E-state index contributed by atoms with van der Waals surface area (Å²) in [7, 11) is -2.14. The van der Waals surface area contributed by atoms with Gasteiger partial charge in [-0.2, -0.15) is 8.42 Å². The Morgan fingerprint density at radius 1 is 1.14 bits per heavy atom. The topological polar surface area (TPSA) is 102 Å². The van der Waals surface area contributed by atoms with Crippen LogP contribution >= 0.6 is 0 Å². The minimum Gasteiger partial charge on any atom is -0.479 e. The molecule has 0 saturated carbocycles. The van der Waals surface area contributed by atoms with Crippen LogP contribution in [-0.2, 0) is 26.1 Å². The summed E-state index contributed by atoms with van der Waals surface area (Å²) in [6.45, 7) is 0.594. The van der Waals surface area contributed by atoms with Crippen LogP contribution in [0.1, 0.15) is 11.1 Å². The fourth-order valence-electron chi connectivity index (χ4n) is 2.43. The first kappa shape index (κ1) is 21.5. The third-order valence-corrected chi connectivity index (χ3v) is 4.29. The van der Waals surface area contributed by atoms with E-state index in [0.29, 0.717) is 13.0 Å². The van der Waals surface area contributed by atoms with Gasteiger partial charge in [-0.1, -0.05) is 36.4 Å². The molecule has 2 N–H and O–H groups in total. The Morgan fingerprint density at radius 3 is 2.32 bits per heavy atom. The van der Waals surface area contributed by atoms with Crippen LogP contribution in [0.2, 0.25) is 0 Å². The zero-order valence-electron chi connectivity index (χ0n) is 15.7. The van der Waals surface area contributed by atoms with Gasteiger partial charge in [0, 0.05) is 25.8 Å². The molecule has 7 nitrogen and oxygen atoms in total. The van der Waals surface area contributed by atoms with E-state index < -0.39 is 22.2 Å². The first-order chi connectivity index (χ1) is 13.3. The summed E-state index contributed by atoms with van der Waals surface area (Å²) in [4.78, 5) is 11.0. The highest BCUT2D eigenvalue weighted by Crippen LogP contribution is 2.15. The summed E-state index contributed by atoms with van der Waals surface area (Å²) in [5, 5.41) is 12.2. The maximum absolute atomic E-state index is 11.1. The molecule has 0 aromatic heterocycles. The van der Waals surface area contributed by atoms with Crippen molar-refractivity contribution in [2.75, 3.05) is 25.2 Å². The van der Waals surface area contributed by atoms with Crippen LogP contribution in [0.5, 0.6) is 5.75 Å². The van der Waals surface area contributed by atoms with Gasteiger partial charge in [-0.05, 0) is 35.4 Å². The van der Waals surface area contributed by atoms with Crippen molar-refractivity contribution in [3.63, 3.8) is 0 Å². The summed E-state index contributed by atoms with van der Waals surface area (Å²) in [5.74, 6) is -0.706. The predicted molar refractivity (Wildman–Crippen MR) is 108 cm³/mol. The molecule has 0 aliphatic heterocycles. The highest BCUT2D eigenvalue weighted by atomic mass is 32.2. The monoisotopic (exact) mass is 405 g/mol. The summed E-state index contributed by atoms with van der Waals surface area (Å²) in [5.41, 5.74) is 2.71. The van der Waals surface area contributed by atoms with Crippen molar-refractivity contribution in [3.05, 3.63) is 65.7 Å². The van der Waals surface area contributed by atoms with E-state index in [1.807, 2.05) is 36.4 Å². The molecular formula is C20H23NO6S. The van der Waals surface area contributed by atoms with E-state index in [4.69, 9.17) is 14.0 Å². The molecular weight excluding hydrogens is 382 g/mol. The van der Waals surface area contributed by atoms with Gasteiger partial charge in [0.1, 0.15) is 5.75 Å². The van der Waals surface area contributed by atoms with E-state index in [1.165, 1.54) is 7.11 Å². The molecule has 2 aromatic rings. The number of methoxy groups -OCH3 is 1. The van der Waals surface area contributed by atoms with Crippen LogP contribution in [0.3, 0.4) is 0 Å². The summed E-state index contributed by atoms with van der Waals surface area (Å²) in [6, 6.07) is 14.2. The lowest BCUT2D eigenvalue weighted by Gasteiger charge is -2.11. The molecule has 0 heterocycles. The number of aliphatic carboxylic acids is 1. The standard InChI is InChI=1S/C20H23NO6S/c1-26-19(20(22)23)14-16-5-9-17(10-6-16)21-13-3-4-15-7-11-18(12-8-15)27-28(2,24)25/h3-12,19,21H,13-14H2,1-2H3,(H,22,23)/t19-/m0/s1. The molecule has 0 amide bonds. The van der Waals surface area contributed by atoms with Crippen molar-refractivity contribution in [2.24, 2.45) is 0 Å². The third kappa shape index (κ3) is 7.42. The molecule has 1 atom stereocenters. The zero-order valence-corrected chi connectivity index (χ0v) is 16.5. The van der Waals surface area contributed by atoms with Gasteiger partial charge in [0.15, 0.2) is 6.10 Å². The highest BCUT2D eigenvalue weighted by Gasteiger charge is 2.16. The summed E-state index contributed by atoms with van der Waals surface area (Å²) < 4.78 is 31.9. The molecule has 2 aromatic carbocycles. The van der Waals surface area contributed by atoms with Gasteiger partial charge < -0.3 is 19.3 Å². The first-order valence-corrected chi connectivity index (χ1v) is 10.3. The predicted octanol–water partition coefficient (Wildman–Crippen LogP) is 2.79. The fourth-order valence-corrected chi connectivity index (χ4v) is 2.89. The number of hydrogen-bond acceptors (Lipinski definition) is 6. The minimum absolute atomic E-state index is 0.275. The van der Waals surface area contributed by atoms with Crippen LogP contribution in [0.4, 0.5) is 5.69 Å². The van der Waals surface area contributed by atoms with Crippen LogP contribution in [0, 0.1) is 0 Å². The van der Waals surface area contributed by atoms with E-state index in [-0.39, 0.29) is 5.75 Å². The largest absolute Gasteiger partial charge is 0.479 e. The van der Waals surface area contributed by atoms with E-state index in [2.05, 4.69) is 5.32 Å². The Bertz CT molecular complexity index is 905. The van der Waals surface area contributed by atoms with Gasteiger partial charge in [0.05, 0.1) is 6.26 Å². The fraction of sp³-hybridized carbons (Fsp3) is 0.250. The number of carboxylic acids is 1. The molecule has 8 heteroatoms. The SMILES string of the molecule is CO[C@@H](Cc1ccc(NCC=Cc2ccc(OS(C)(=O)=O)cc2)cc1)C(=O)O. The lowest BCUT2D eigenvalue weighted by molar-refractivity contribution is -0.148. The number of carbonyl (C=O) groups is 1. The van der Waals surface area contributed by atoms with Crippen LogP contribution in [-0.4, -0.2) is 45.5 Å². The Morgan fingerprint density at radius 2 is 1.79 bits per heavy atom. The van der Waals surface area contributed by atoms with Crippen LogP contribution in [0.15, 0.2) is 54.6 Å². The molecule has 2 rings (SSSR count). The third-order valence-electron chi connectivity index (χ3n) is 3.80. The van der Waals surface area contributed by atoms with Gasteiger partial charge in [0.2, 0.25) is 0 Å². The van der Waals surface area contributed by atoms with Crippen molar-refractivity contribution >= 4 is 27.9 Å². The smallest absolute Gasteiger partial charge is 0.333 e. The zero-order chi connectivity index (χ0) is 20.6. The number of ether oxygens (including phenoxy) is 1. The summed E-state index contributed by atoms with van der Waals surface area (Å²) >= 11 is 0. The Balaban J connectivity index is 1.83. The number of hydrogen-bond donors (Lipinski definition) is 2. The van der Waals surface area contributed by atoms with Crippen molar-refractivity contribution in [1.29, 1.82) is 0 Å². The Hall–Kier alpha value is -2.84. The molecule has 0 spiro atoms. The highest BCUT2D eigenvalue weighted by molar-refractivity contribution is 7.86. The van der Waals surface area contributed by atoms with Gasteiger partial charge in [-0.15, -0.1) is 0 Å². The van der Waals surface area contributed by atoms with E-state index in [9.17, 15) is 13.2 Å². The average molecular weight is 405 g/mol. The lowest BCUT2D eigenvalue weighted by Crippen LogP contribution is -2.24. The molecule has 0 aliphatic carbocycles. The number of rotatable bonds is 10. The second kappa shape index (κ2) is 9.91. The number of nitrogens with one attached hydrogen (secondary N) is 1. The maximum Gasteiger partial charge on any atom is 0.333 e. The number of anilines is 1. The van der Waals surface area contributed by atoms with E-state index in [1.54, 1.807) is 24.3 Å². The second-order valence-electron chi connectivity index (χ2n) is 6.10. The van der Waals surface area contributed by atoms with E-state index in [0.717, 1.165) is 23.1 Å². The van der Waals surface area contributed by atoms with Gasteiger partial charge in [-0.3, -0.25) is 0 Å². The minimum atomic E-state index is -3.52. The van der Waals surface area contributed by atoms with Gasteiger partial charge >= 0.3 is 16.1 Å². The van der Waals surface area contributed by atoms with Gasteiger partial charge in [0.25, 0.3) is 0 Å². The van der Waals surface area contributed by atoms with Crippen molar-refractivity contribution < 1.29 is 27.2 Å². The number of benzene rings is 2.